The van der Waals surface area contributed by atoms with Gasteiger partial charge in [0.05, 0.1) is 25.3 Å². The van der Waals surface area contributed by atoms with Crippen molar-refractivity contribution >= 4 is 22.7 Å². The minimum absolute atomic E-state index is 0.160. The van der Waals surface area contributed by atoms with Gasteiger partial charge in [-0.1, -0.05) is 13.0 Å². The first kappa shape index (κ1) is 23.4. The molecule has 1 saturated heterocycles. The summed E-state index contributed by atoms with van der Waals surface area (Å²) in [6.45, 7) is 3.47. The molecule has 3 aromatic rings. The molecule has 0 unspecified atom stereocenters. The van der Waals surface area contributed by atoms with Crippen LogP contribution in [-0.2, 0) is 17.3 Å². The lowest BCUT2D eigenvalue weighted by molar-refractivity contribution is -0.132. The molecular formula is C27H32N4O4. The zero-order chi connectivity index (χ0) is 24.7. The summed E-state index contributed by atoms with van der Waals surface area (Å²) < 4.78 is 7.58. The van der Waals surface area contributed by atoms with E-state index in [4.69, 9.17) is 4.74 Å². The highest BCUT2D eigenvalue weighted by atomic mass is 16.5. The fourth-order valence-corrected chi connectivity index (χ4v) is 6.02. The minimum atomic E-state index is -0.496. The van der Waals surface area contributed by atoms with E-state index in [1.54, 1.807) is 36.4 Å². The molecule has 0 saturated carbocycles. The van der Waals surface area contributed by atoms with E-state index in [9.17, 15) is 14.7 Å². The van der Waals surface area contributed by atoms with Gasteiger partial charge in [-0.05, 0) is 42.7 Å². The number of amides is 2. The Hall–Kier alpha value is -3.39. The highest BCUT2D eigenvalue weighted by Crippen LogP contribution is 2.50. The van der Waals surface area contributed by atoms with Crippen molar-refractivity contribution < 1.29 is 19.4 Å². The Morgan fingerprint density at radius 2 is 1.97 bits per heavy atom. The molecule has 8 nitrogen and oxygen atoms in total. The van der Waals surface area contributed by atoms with Crippen molar-refractivity contribution in [3.8, 4) is 5.75 Å². The number of hydrogen-bond donors (Lipinski definition) is 1. The first-order chi connectivity index (χ1) is 16.9. The third-order valence-corrected chi connectivity index (χ3v) is 7.84. The van der Waals surface area contributed by atoms with Crippen LogP contribution in [0.25, 0.3) is 10.9 Å². The Labute approximate surface area is 205 Å². The lowest BCUT2D eigenvalue weighted by Crippen LogP contribution is -2.56. The van der Waals surface area contributed by atoms with Gasteiger partial charge in [0.25, 0.3) is 5.91 Å². The van der Waals surface area contributed by atoms with Crippen molar-refractivity contribution in [2.45, 2.75) is 37.6 Å². The maximum Gasteiger partial charge on any atom is 0.273 e. The smallest absolute Gasteiger partial charge is 0.273 e. The number of piperidine rings is 1. The van der Waals surface area contributed by atoms with Gasteiger partial charge in [-0.3, -0.25) is 14.6 Å². The fraction of sp³-hybridized carbons (Fsp3) is 0.444. The number of aromatic nitrogens is 2. The standard InChI is InChI=1S/C27H32N4O4/c1-4-23(33)30-13-10-27(11-14-30)17-31(26(34)20-7-5-6-12-28-20)22(16-32)25-24(27)19-9-8-18(35-3)15-21(19)29(25)2/h5-9,12,15,22,32H,4,10-11,13-14,16-17H2,1-3H3/t22-/m1/s1. The summed E-state index contributed by atoms with van der Waals surface area (Å²) in [5.74, 6) is 0.729. The topological polar surface area (TPSA) is 87.9 Å². The number of aryl methyl sites for hydroxylation is 1. The number of carbonyl (C=O) groups is 2. The number of hydrogen-bond acceptors (Lipinski definition) is 5. The average molecular weight is 477 g/mol. The molecule has 184 valence electrons. The first-order valence-electron chi connectivity index (χ1n) is 12.2. The minimum Gasteiger partial charge on any atom is -0.497 e. The monoisotopic (exact) mass is 476 g/mol. The summed E-state index contributed by atoms with van der Waals surface area (Å²) in [6, 6.07) is 10.9. The molecule has 1 spiro atoms. The summed E-state index contributed by atoms with van der Waals surface area (Å²) in [6.07, 6.45) is 3.61. The maximum atomic E-state index is 13.7. The van der Waals surface area contributed by atoms with Gasteiger partial charge in [0.15, 0.2) is 0 Å². The lowest BCUT2D eigenvalue weighted by atomic mass is 9.68. The van der Waals surface area contributed by atoms with Gasteiger partial charge in [-0.15, -0.1) is 0 Å². The van der Waals surface area contributed by atoms with Crippen LogP contribution >= 0.6 is 0 Å². The van der Waals surface area contributed by atoms with Gasteiger partial charge >= 0.3 is 0 Å². The number of likely N-dealkylation sites (tertiary alicyclic amines) is 1. The van der Waals surface area contributed by atoms with Crippen LogP contribution in [0, 0.1) is 0 Å². The highest BCUT2D eigenvalue weighted by molar-refractivity contribution is 5.94. The number of aliphatic hydroxyl groups excluding tert-OH is 1. The quantitative estimate of drug-likeness (QED) is 0.625. The molecule has 1 aromatic carbocycles. The number of carbonyl (C=O) groups excluding carboxylic acids is 2. The zero-order valence-electron chi connectivity index (χ0n) is 20.5. The van der Waals surface area contributed by atoms with Gasteiger partial charge in [0.1, 0.15) is 11.4 Å². The molecule has 0 radical (unpaired) electrons. The van der Waals surface area contributed by atoms with Gasteiger partial charge < -0.3 is 24.2 Å². The van der Waals surface area contributed by atoms with Gasteiger partial charge in [-0.2, -0.15) is 0 Å². The highest BCUT2D eigenvalue weighted by Gasteiger charge is 2.50. The molecule has 0 bridgehead atoms. The fourth-order valence-electron chi connectivity index (χ4n) is 6.02. The Bertz CT molecular complexity index is 1260. The number of rotatable bonds is 4. The molecule has 1 N–H and O–H groups in total. The maximum absolute atomic E-state index is 13.7. The molecule has 8 heteroatoms. The summed E-state index contributed by atoms with van der Waals surface area (Å²) in [7, 11) is 3.64. The molecule has 35 heavy (non-hydrogen) atoms. The third-order valence-electron chi connectivity index (χ3n) is 7.84. The third kappa shape index (κ3) is 3.67. The van der Waals surface area contributed by atoms with E-state index in [2.05, 4.69) is 15.6 Å². The number of benzene rings is 1. The Kier molecular flexibility index (Phi) is 6.01. The second-order valence-corrected chi connectivity index (χ2v) is 9.56. The van der Waals surface area contributed by atoms with E-state index in [-0.39, 0.29) is 23.8 Å². The normalized spacial score (nSPS) is 19.1. The van der Waals surface area contributed by atoms with Crippen molar-refractivity contribution in [2.24, 2.45) is 7.05 Å². The van der Waals surface area contributed by atoms with Crippen LogP contribution in [0.4, 0.5) is 0 Å². The van der Waals surface area contributed by atoms with Crippen molar-refractivity contribution in [2.75, 3.05) is 33.4 Å². The SMILES string of the molecule is CCC(=O)N1CCC2(CC1)CN(C(=O)c1ccccn1)[C@H](CO)c1c2c2ccc(OC)cc2n1C. The Morgan fingerprint density at radius 1 is 1.20 bits per heavy atom. The van der Waals surface area contributed by atoms with E-state index in [1.807, 2.05) is 31.0 Å². The zero-order valence-corrected chi connectivity index (χ0v) is 20.5. The predicted molar refractivity (Wildman–Crippen MR) is 132 cm³/mol. The van der Waals surface area contributed by atoms with Gasteiger partial charge in [-0.25, -0.2) is 0 Å². The average Bonchev–Trinajstić information content (AvgIpc) is 3.21. The molecule has 2 aliphatic rings. The predicted octanol–water partition coefficient (Wildman–Crippen LogP) is 3.04. The number of ether oxygens (including phenoxy) is 1. The van der Waals surface area contributed by atoms with E-state index in [0.29, 0.717) is 31.7 Å². The molecule has 2 aromatic heterocycles. The van der Waals surface area contributed by atoms with E-state index in [0.717, 1.165) is 35.2 Å². The van der Waals surface area contributed by atoms with Crippen LogP contribution in [0.15, 0.2) is 42.6 Å². The molecule has 5 rings (SSSR count). The summed E-state index contributed by atoms with van der Waals surface area (Å²) in [4.78, 5) is 34.2. The van der Waals surface area contributed by atoms with Crippen LogP contribution < -0.4 is 4.74 Å². The summed E-state index contributed by atoms with van der Waals surface area (Å²) >= 11 is 0. The van der Waals surface area contributed by atoms with Crippen LogP contribution in [0.3, 0.4) is 0 Å². The van der Waals surface area contributed by atoms with E-state index < -0.39 is 6.04 Å². The molecule has 1 atom stereocenters. The van der Waals surface area contributed by atoms with Crippen molar-refractivity contribution in [1.82, 2.24) is 19.4 Å². The molecule has 0 aliphatic carbocycles. The largest absolute Gasteiger partial charge is 0.497 e. The van der Waals surface area contributed by atoms with Crippen molar-refractivity contribution in [3.63, 3.8) is 0 Å². The number of nitrogens with zero attached hydrogens (tertiary/aromatic N) is 4. The number of aliphatic hydroxyl groups is 1. The van der Waals surface area contributed by atoms with Crippen molar-refractivity contribution in [3.05, 3.63) is 59.5 Å². The van der Waals surface area contributed by atoms with Crippen LogP contribution in [0.2, 0.25) is 0 Å². The molecule has 2 amide bonds. The van der Waals surface area contributed by atoms with E-state index >= 15 is 0 Å². The summed E-state index contributed by atoms with van der Waals surface area (Å²) in [5.41, 5.74) is 3.17. The van der Waals surface area contributed by atoms with Gasteiger partial charge in [0, 0.05) is 61.9 Å². The first-order valence-corrected chi connectivity index (χ1v) is 12.2. The second kappa shape index (κ2) is 9.00. The van der Waals surface area contributed by atoms with E-state index in [1.165, 1.54) is 5.56 Å². The number of methoxy groups -OCH3 is 1. The Balaban J connectivity index is 1.68. The number of fused-ring (bicyclic) bond motifs is 4. The van der Waals surface area contributed by atoms with Crippen LogP contribution in [-0.4, -0.2) is 69.6 Å². The molecule has 2 aliphatic heterocycles. The van der Waals surface area contributed by atoms with Crippen molar-refractivity contribution in [1.29, 1.82) is 0 Å². The summed E-state index contributed by atoms with van der Waals surface area (Å²) in [5, 5.41) is 11.7. The Morgan fingerprint density at radius 3 is 2.60 bits per heavy atom. The molecular weight excluding hydrogens is 444 g/mol. The lowest BCUT2D eigenvalue weighted by Gasteiger charge is -2.50. The van der Waals surface area contributed by atoms with Gasteiger partial charge in [0.2, 0.25) is 5.91 Å². The molecule has 4 heterocycles. The van der Waals surface area contributed by atoms with Crippen LogP contribution in [0.5, 0.6) is 5.75 Å². The second-order valence-electron chi connectivity index (χ2n) is 9.56. The number of pyridine rings is 1. The van der Waals surface area contributed by atoms with Crippen LogP contribution in [0.1, 0.15) is 54.0 Å². The molecule has 1 fully saturated rings.